The van der Waals surface area contributed by atoms with E-state index in [1.54, 1.807) is 6.07 Å². The first-order valence-electron chi connectivity index (χ1n) is 10.1. The molecule has 2 aromatic carbocycles. The zero-order chi connectivity index (χ0) is 20.7. The summed E-state index contributed by atoms with van der Waals surface area (Å²) in [5.74, 6) is 0.917. The van der Waals surface area contributed by atoms with Crippen LogP contribution in [0.4, 0.5) is 5.69 Å². The molecule has 1 atom stereocenters. The minimum Gasteiger partial charge on any atom is -0.506 e. The average molecular weight is 382 g/mol. The minimum atomic E-state index is 0.00981. The molecule has 0 spiro atoms. The maximum absolute atomic E-state index is 10.3. The molecule has 0 fully saturated rings. The van der Waals surface area contributed by atoms with Crippen molar-refractivity contribution in [1.82, 2.24) is 5.32 Å². The van der Waals surface area contributed by atoms with Gasteiger partial charge in [0.05, 0.1) is 11.7 Å². The fraction of sp³-hybridized carbons (Fsp3) is 0.458. The van der Waals surface area contributed by atoms with Gasteiger partial charge in [0.1, 0.15) is 5.75 Å². The van der Waals surface area contributed by atoms with E-state index < -0.39 is 0 Å². The zero-order valence-corrected chi connectivity index (χ0v) is 18.1. The van der Waals surface area contributed by atoms with E-state index in [9.17, 15) is 5.11 Å². The molecule has 0 amide bonds. The minimum absolute atomic E-state index is 0.00981. The first kappa shape index (κ1) is 21.8. The Bertz CT molecular complexity index is 776. The third kappa shape index (κ3) is 6.91. The van der Waals surface area contributed by atoms with Crippen LogP contribution in [0.15, 0.2) is 53.5 Å². The lowest BCUT2D eigenvalue weighted by atomic mass is 9.87. The summed E-state index contributed by atoms with van der Waals surface area (Å²) in [6.07, 6.45) is 1.95. The fourth-order valence-corrected chi connectivity index (χ4v) is 2.91. The molecule has 0 radical (unpaired) electrons. The lowest BCUT2D eigenvalue weighted by Crippen LogP contribution is -2.37. The number of nitrogens with zero attached hydrogens (tertiary/aromatic N) is 1. The number of nitrogens with one attached hydrogen (secondary N) is 2. The number of hydrogen-bond donors (Lipinski definition) is 3. The number of aromatic hydroxyl groups is 1. The monoisotopic (exact) mass is 381 g/mol. The summed E-state index contributed by atoms with van der Waals surface area (Å²) in [6.45, 7) is 12.8. The summed E-state index contributed by atoms with van der Waals surface area (Å²) in [7, 11) is 0. The van der Waals surface area contributed by atoms with Gasteiger partial charge in [-0.25, -0.2) is 4.99 Å². The van der Waals surface area contributed by atoms with E-state index >= 15 is 0 Å². The van der Waals surface area contributed by atoms with Gasteiger partial charge < -0.3 is 15.7 Å². The molecule has 4 heteroatoms. The molecule has 0 aliphatic heterocycles. The van der Waals surface area contributed by atoms with Gasteiger partial charge in [-0.05, 0) is 62.3 Å². The molecule has 0 heterocycles. The molecule has 2 rings (SSSR count). The van der Waals surface area contributed by atoms with Gasteiger partial charge in [0.15, 0.2) is 5.96 Å². The van der Waals surface area contributed by atoms with Crippen molar-refractivity contribution in [3.8, 4) is 5.75 Å². The topological polar surface area (TPSA) is 56.7 Å². The number of phenols is 1. The Morgan fingerprint density at radius 2 is 1.71 bits per heavy atom. The number of guanidine groups is 1. The van der Waals surface area contributed by atoms with Crippen LogP contribution in [0.25, 0.3) is 0 Å². The molecule has 28 heavy (non-hydrogen) atoms. The number of hydrogen-bond acceptors (Lipinski definition) is 2. The molecule has 4 nitrogen and oxygen atoms in total. The number of aryl methyl sites for hydroxylation is 1. The van der Waals surface area contributed by atoms with Crippen LogP contribution in [0.1, 0.15) is 59.1 Å². The third-order valence-electron chi connectivity index (χ3n) is 4.58. The van der Waals surface area contributed by atoms with E-state index in [0.717, 1.165) is 18.4 Å². The van der Waals surface area contributed by atoms with Crippen molar-refractivity contribution < 1.29 is 5.11 Å². The molecule has 0 saturated heterocycles. The average Bonchev–Trinajstić information content (AvgIpc) is 2.61. The summed E-state index contributed by atoms with van der Waals surface area (Å²) in [6, 6.07) is 16.6. The van der Waals surface area contributed by atoms with Crippen LogP contribution in [0, 0.1) is 0 Å². The van der Waals surface area contributed by atoms with Crippen molar-refractivity contribution in [3.05, 3.63) is 59.7 Å². The van der Waals surface area contributed by atoms with E-state index in [2.05, 4.69) is 76.4 Å². The second kappa shape index (κ2) is 9.63. The zero-order valence-electron chi connectivity index (χ0n) is 18.1. The molecule has 3 N–H and O–H groups in total. The van der Waals surface area contributed by atoms with Crippen LogP contribution < -0.4 is 10.6 Å². The molecule has 0 aliphatic rings. The van der Waals surface area contributed by atoms with Gasteiger partial charge in [-0.2, -0.15) is 0 Å². The summed E-state index contributed by atoms with van der Waals surface area (Å²) in [5, 5.41) is 17.0. The predicted octanol–water partition coefficient (Wildman–Crippen LogP) is 5.48. The summed E-state index contributed by atoms with van der Waals surface area (Å²) in [5.41, 5.74) is 3.17. The number of aliphatic imine (C=N–C) groups is 1. The van der Waals surface area contributed by atoms with Crippen LogP contribution in [0.3, 0.4) is 0 Å². The van der Waals surface area contributed by atoms with E-state index in [0.29, 0.717) is 11.6 Å². The first-order valence-corrected chi connectivity index (χ1v) is 10.1. The van der Waals surface area contributed by atoms with Crippen molar-refractivity contribution in [2.24, 2.45) is 4.99 Å². The van der Waals surface area contributed by atoms with Crippen molar-refractivity contribution in [3.63, 3.8) is 0 Å². The first-order chi connectivity index (χ1) is 13.1. The molecular formula is C24H35N3O. The second-order valence-electron chi connectivity index (χ2n) is 8.76. The Morgan fingerprint density at radius 3 is 2.32 bits per heavy atom. The number of phenolic OH excluding ortho intramolecular Hbond substituents is 1. The highest BCUT2D eigenvalue weighted by molar-refractivity contribution is 5.95. The lowest BCUT2D eigenvalue weighted by Gasteiger charge is -2.22. The summed E-state index contributed by atoms with van der Waals surface area (Å²) in [4.78, 5) is 4.84. The Balaban J connectivity index is 2.15. The summed E-state index contributed by atoms with van der Waals surface area (Å²) >= 11 is 0. The number of rotatable bonds is 6. The number of anilines is 1. The standard InChI is InChI=1S/C24H35N3O/c1-17(2)25-23(26-18(3)12-13-19-10-8-7-9-11-19)27-21-16-20(24(4,5)6)14-15-22(21)28/h7-11,14-18,28H,12-13H2,1-6H3,(H2,25,26,27). The highest BCUT2D eigenvalue weighted by Gasteiger charge is 2.16. The van der Waals surface area contributed by atoms with Gasteiger partial charge >= 0.3 is 0 Å². The van der Waals surface area contributed by atoms with Crippen LogP contribution >= 0.6 is 0 Å². The molecule has 0 saturated carbocycles. The maximum atomic E-state index is 10.3. The Kier molecular flexibility index (Phi) is 7.50. The van der Waals surface area contributed by atoms with Crippen LogP contribution in [0.5, 0.6) is 5.75 Å². The van der Waals surface area contributed by atoms with Gasteiger partial charge in [-0.3, -0.25) is 0 Å². The quantitative estimate of drug-likeness (QED) is 0.353. The van der Waals surface area contributed by atoms with Crippen molar-refractivity contribution in [1.29, 1.82) is 0 Å². The van der Waals surface area contributed by atoms with E-state index in [1.807, 2.05) is 18.2 Å². The Morgan fingerprint density at radius 1 is 1.04 bits per heavy atom. The molecule has 0 bridgehead atoms. The predicted molar refractivity (Wildman–Crippen MR) is 120 cm³/mol. The third-order valence-corrected chi connectivity index (χ3v) is 4.58. The highest BCUT2D eigenvalue weighted by Crippen LogP contribution is 2.30. The normalized spacial score (nSPS) is 13.5. The van der Waals surface area contributed by atoms with E-state index in [-0.39, 0.29) is 23.2 Å². The lowest BCUT2D eigenvalue weighted by molar-refractivity contribution is 0.476. The maximum Gasteiger partial charge on any atom is 0.196 e. The Hall–Kier alpha value is -2.49. The Labute approximate surface area is 170 Å². The number of benzene rings is 2. The second-order valence-corrected chi connectivity index (χ2v) is 8.76. The van der Waals surface area contributed by atoms with Gasteiger partial charge in [-0.1, -0.05) is 57.2 Å². The molecule has 0 aliphatic carbocycles. The molecule has 0 aromatic heterocycles. The molecular weight excluding hydrogens is 346 g/mol. The van der Waals surface area contributed by atoms with Gasteiger partial charge in [0.2, 0.25) is 0 Å². The SMILES string of the molecule is CC(CCc1ccccc1)N=C(Nc1cc(C(C)(C)C)ccc1O)NC(C)C. The van der Waals surface area contributed by atoms with Crippen molar-refractivity contribution >= 4 is 11.6 Å². The molecule has 2 aromatic rings. The largest absolute Gasteiger partial charge is 0.506 e. The van der Waals surface area contributed by atoms with E-state index in [1.165, 1.54) is 5.56 Å². The van der Waals surface area contributed by atoms with Crippen LogP contribution in [-0.4, -0.2) is 23.1 Å². The summed E-state index contributed by atoms with van der Waals surface area (Å²) < 4.78 is 0. The molecule has 1 unspecified atom stereocenters. The molecule has 152 valence electrons. The van der Waals surface area contributed by atoms with Crippen LogP contribution in [-0.2, 0) is 11.8 Å². The van der Waals surface area contributed by atoms with Crippen LogP contribution in [0.2, 0.25) is 0 Å². The smallest absolute Gasteiger partial charge is 0.196 e. The van der Waals surface area contributed by atoms with Crippen molar-refractivity contribution in [2.75, 3.05) is 5.32 Å². The van der Waals surface area contributed by atoms with Crippen molar-refractivity contribution in [2.45, 2.75) is 71.9 Å². The van der Waals surface area contributed by atoms with E-state index in [4.69, 9.17) is 4.99 Å². The fourth-order valence-electron chi connectivity index (χ4n) is 2.91. The highest BCUT2D eigenvalue weighted by atomic mass is 16.3. The van der Waals surface area contributed by atoms with Gasteiger partial charge in [0.25, 0.3) is 0 Å². The van der Waals surface area contributed by atoms with Gasteiger partial charge in [0, 0.05) is 6.04 Å². The van der Waals surface area contributed by atoms with Gasteiger partial charge in [-0.15, -0.1) is 0 Å².